The molecule has 1 aliphatic heterocycles. The number of Topliss-reactive ketones (excluding diaryl/α,β-unsaturated/α-hetero) is 1. The lowest BCUT2D eigenvalue weighted by atomic mass is 9.69. The second-order valence-electron chi connectivity index (χ2n) is 5.17. The Balaban J connectivity index is 2.39. The van der Waals surface area contributed by atoms with Gasteiger partial charge in [-0.25, -0.2) is 0 Å². The van der Waals surface area contributed by atoms with E-state index in [0.29, 0.717) is 12.2 Å². The summed E-state index contributed by atoms with van der Waals surface area (Å²) < 4.78 is 0. The number of hydrogen-bond donors (Lipinski definition) is 0. The largest absolute Gasteiger partial charge is 0.306 e. The molecule has 98 valence electrons. The van der Waals surface area contributed by atoms with Crippen molar-refractivity contribution in [3.8, 4) is 0 Å². The predicted octanol–water partition coefficient (Wildman–Crippen LogP) is 3.28. The highest BCUT2D eigenvalue weighted by Gasteiger charge is 2.40. The topological polar surface area (TPSA) is 20.3 Å². The third-order valence-corrected chi connectivity index (χ3v) is 4.31. The van der Waals surface area contributed by atoms with Gasteiger partial charge in [-0.2, -0.15) is 0 Å². The van der Waals surface area contributed by atoms with E-state index < -0.39 is 0 Å². The highest BCUT2D eigenvalue weighted by molar-refractivity contribution is 6.30. The van der Waals surface area contributed by atoms with E-state index >= 15 is 0 Å². The van der Waals surface area contributed by atoms with Gasteiger partial charge in [0.25, 0.3) is 0 Å². The van der Waals surface area contributed by atoms with Crippen molar-refractivity contribution in [1.82, 2.24) is 4.90 Å². The van der Waals surface area contributed by atoms with Gasteiger partial charge in [0.15, 0.2) is 0 Å². The van der Waals surface area contributed by atoms with Crippen LogP contribution < -0.4 is 0 Å². The van der Waals surface area contributed by atoms with Gasteiger partial charge in [-0.3, -0.25) is 4.79 Å². The molecule has 2 nitrogen and oxygen atoms in total. The Morgan fingerprint density at radius 3 is 2.61 bits per heavy atom. The zero-order valence-electron chi connectivity index (χ0n) is 11.1. The Bertz CT molecular complexity index is 436. The number of halogens is 1. The minimum Gasteiger partial charge on any atom is -0.306 e. The molecular formula is C15H20ClNO. The number of carbonyl (C=O) groups is 1. The van der Waals surface area contributed by atoms with Crippen molar-refractivity contribution in [2.24, 2.45) is 0 Å². The monoisotopic (exact) mass is 265 g/mol. The van der Waals surface area contributed by atoms with Gasteiger partial charge in [-0.1, -0.05) is 30.7 Å². The van der Waals surface area contributed by atoms with Gasteiger partial charge >= 0.3 is 0 Å². The summed E-state index contributed by atoms with van der Waals surface area (Å²) >= 11 is 6.08. The normalized spacial score (nSPS) is 19.7. The van der Waals surface area contributed by atoms with Gasteiger partial charge in [0, 0.05) is 11.4 Å². The molecule has 0 bridgehead atoms. The second-order valence-corrected chi connectivity index (χ2v) is 5.61. The maximum atomic E-state index is 12.4. The van der Waals surface area contributed by atoms with Crippen LogP contribution in [0.15, 0.2) is 24.3 Å². The SMILES string of the molecule is CCC(=O)C1(c2cccc(Cl)c2)CCN(C)CC1. The summed E-state index contributed by atoms with van der Waals surface area (Å²) in [7, 11) is 2.11. The van der Waals surface area contributed by atoms with Gasteiger partial charge < -0.3 is 4.90 Å². The summed E-state index contributed by atoms with van der Waals surface area (Å²) in [6, 6.07) is 7.82. The van der Waals surface area contributed by atoms with Gasteiger partial charge in [-0.05, 0) is 50.7 Å². The van der Waals surface area contributed by atoms with E-state index in [1.165, 1.54) is 0 Å². The number of rotatable bonds is 3. The lowest BCUT2D eigenvalue weighted by Crippen LogP contribution is -2.46. The third-order valence-electron chi connectivity index (χ3n) is 4.07. The molecule has 1 fully saturated rings. The average molecular weight is 266 g/mol. The molecule has 0 unspecified atom stereocenters. The molecule has 1 aromatic rings. The van der Waals surface area contributed by atoms with Gasteiger partial charge in [-0.15, -0.1) is 0 Å². The number of carbonyl (C=O) groups excluding carboxylic acids is 1. The Morgan fingerprint density at radius 1 is 1.39 bits per heavy atom. The number of hydrogen-bond acceptors (Lipinski definition) is 2. The summed E-state index contributed by atoms with van der Waals surface area (Å²) in [5, 5.41) is 0.717. The van der Waals surface area contributed by atoms with Crippen LogP contribution in [0, 0.1) is 0 Å². The van der Waals surface area contributed by atoms with Crippen molar-refractivity contribution in [3.05, 3.63) is 34.9 Å². The fourth-order valence-electron chi connectivity index (χ4n) is 2.85. The van der Waals surface area contributed by atoms with Crippen LogP contribution in [0.2, 0.25) is 5.02 Å². The number of ketones is 1. The van der Waals surface area contributed by atoms with Crippen molar-refractivity contribution in [3.63, 3.8) is 0 Å². The molecule has 0 N–H and O–H groups in total. The van der Waals surface area contributed by atoms with E-state index in [4.69, 9.17) is 11.6 Å². The van der Waals surface area contributed by atoms with Gasteiger partial charge in [0.1, 0.15) is 5.78 Å². The average Bonchev–Trinajstić information content (AvgIpc) is 2.39. The first-order valence-corrected chi connectivity index (χ1v) is 6.94. The maximum Gasteiger partial charge on any atom is 0.143 e. The lowest BCUT2D eigenvalue weighted by molar-refractivity contribution is -0.126. The van der Waals surface area contributed by atoms with Gasteiger partial charge in [0.2, 0.25) is 0 Å². The van der Waals surface area contributed by atoms with Crippen LogP contribution in [0.3, 0.4) is 0 Å². The zero-order valence-corrected chi connectivity index (χ0v) is 11.8. The molecule has 0 radical (unpaired) electrons. The minimum atomic E-state index is -0.313. The van der Waals surface area contributed by atoms with Crippen LogP contribution in [0.4, 0.5) is 0 Å². The lowest BCUT2D eigenvalue weighted by Gasteiger charge is -2.40. The summed E-state index contributed by atoms with van der Waals surface area (Å²) in [5.74, 6) is 0.345. The Hall–Kier alpha value is -0.860. The molecule has 0 amide bonds. The first-order chi connectivity index (χ1) is 8.58. The van der Waals surface area contributed by atoms with E-state index in [1.807, 2.05) is 31.2 Å². The Labute approximate surface area is 114 Å². The zero-order chi connectivity index (χ0) is 13.2. The fourth-order valence-corrected chi connectivity index (χ4v) is 3.04. The molecule has 3 heteroatoms. The number of benzene rings is 1. The van der Waals surface area contributed by atoms with Crippen LogP contribution >= 0.6 is 11.6 Å². The highest BCUT2D eigenvalue weighted by atomic mass is 35.5. The third kappa shape index (κ3) is 2.45. The molecule has 1 saturated heterocycles. The van der Waals surface area contributed by atoms with Crippen molar-refractivity contribution in [2.75, 3.05) is 20.1 Å². The maximum absolute atomic E-state index is 12.4. The van der Waals surface area contributed by atoms with Crippen LogP contribution in [-0.4, -0.2) is 30.8 Å². The molecular weight excluding hydrogens is 246 g/mol. The molecule has 0 aromatic heterocycles. The van der Waals surface area contributed by atoms with Crippen LogP contribution in [-0.2, 0) is 10.2 Å². The van der Waals surface area contributed by atoms with E-state index in [2.05, 4.69) is 11.9 Å². The molecule has 1 heterocycles. The van der Waals surface area contributed by atoms with Crippen molar-refractivity contribution < 1.29 is 4.79 Å². The number of piperidine rings is 1. The molecule has 0 atom stereocenters. The standard InChI is InChI=1S/C15H20ClNO/c1-3-14(18)15(7-9-17(2)10-8-15)12-5-4-6-13(16)11-12/h4-6,11H,3,7-10H2,1-2H3. The quantitative estimate of drug-likeness (QED) is 0.836. The van der Waals surface area contributed by atoms with E-state index in [9.17, 15) is 4.79 Å². The summed E-state index contributed by atoms with van der Waals surface area (Å²) in [6.07, 6.45) is 2.39. The predicted molar refractivity (Wildman–Crippen MR) is 75.2 cm³/mol. The van der Waals surface area contributed by atoms with Crippen LogP contribution in [0.25, 0.3) is 0 Å². The minimum absolute atomic E-state index is 0.313. The van der Waals surface area contributed by atoms with Gasteiger partial charge in [0.05, 0.1) is 5.41 Å². The van der Waals surface area contributed by atoms with E-state index in [1.54, 1.807) is 0 Å². The summed E-state index contributed by atoms with van der Waals surface area (Å²) in [5.41, 5.74) is 0.779. The molecule has 2 rings (SSSR count). The molecule has 1 aliphatic rings. The van der Waals surface area contributed by atoms with Crippen molar-refractivity contribution >= 4 is 17.4 Å². The smallest absolute Gasteiger partial charge is 0.143 e. The molecule has 0 aliphatic carbocycles. The van der Waals surface area contributed by atoms with Crippen molar-refractivity contribution in [1.29, 1.82) is 0 Å². The highest BCUT2D eigenvalue weighted by Crippen LogP contribution is 2.38. The number of nitrogens with zero attached hydrogens (tertiary/aromatic N) is 1. The second kappa shape index (κ2) is 5.41. The fraction of sp³-hybridized carbons (Fsp3) is 0.533. The van der Waals surface area contributed by atoms with Crippen molar-refractivity contribution in [2.45, 2.75) is 31.6 Å². The Morgan fingerprint density at radius 2 is 2.06 bits per heavy atom. The first kappa shape index (κ1) is 13.6. The van der Waals surface area contributed by atoms with Crippen LogP contribution in [0.5, 0.6) is 0 Å². The summed E-state index contributed by atoms with van der Waals surface area (Å²) in [6.45, 7) is 3.89. The van der Waals surface area contributed by atoms with Crippen LogP contribution in [0.1, 0.15) is 31.7 Å². The molecule has 0 spiro atoms. The summed E-state index contributed by atoms with van der Waals surface area (Å²) in [4.78, 5) is 14.7. The van der Waals surface area contributed by atoms with E-state index in [-0.39, 0.29) is 5.41 Å². The number of likely N-dealkylation sites (tertiary alicyclic amines) is 1. The molecule has 0 saturated carbocycles. The molecule has 1 aromatic carbocycles. The Kier molecular flexibility index (Phi) is 4.08. The van der Waals surface area contributed by atoms with E-state index in [0.717, 1.165) is 36.5 Å². The molecule has 18 heavy (non-hydrogen) atoms. The first-order valence-electron chi connectivity index (χ1n) is 6.56.